The van der Waals surface area contributed by atoms with Gasteiger partial charge in [0.15, 0.2) is 34.0 Å². The minimum Gasteiger partial charge on any atom is -0.444 e. The van der Waals surface area contributed by atoms with Crippen LogP contribution in [-0.4, -0.2) is 159 Å². The van der Waals surface area contributed by atoms with Crippen molar-refractivity contribution in [3.05, 3.63) is 179 Å². The molecule has 0 saturated carbocycles. The van der Waals surface area contributed by atoms with Crippen molar-refractivity contribution in [3.63, 3.8) is 0 Å². The molecule has 0 bridgehead atoms. The molecule has 0 aliphatic carbocycles. The minimum absolute atomic E-state index is 0.0412. The summed E-state index contributed by atoms with van der Waals surface area (Å²) < 4.78 is 108. The van der Waals surface area contributed by atoms with Gasteiger partial charge in [0.05, 0.1) is 54.1 Å². The maximum atomic E-state index is 13.1. The third-order valence-electron chi connectivity index (χ3n) is 13.8. The maximum absolute atomic E-state index is 13.1. The number of benzene rings is 3. The number of amides is 6. The molecule has 0 spiro atoms. The molecule has 32 nitrogen and oxygen atoms in total. The average molecular weight is 1640 g/mol. The molecule has 572 valence electrons. The van der Waals surface area contributed by atoms with Crippen LogP contribution in [0.25, 0.3) is 50.7 Å². The van der Waals surface area contributed by atoms with Crippen LogP contribution in [0.1, 0.15) is 73.0 Å². The molecule has 0 atom stereocenters. The van der Waals surface area contributed by atoms with Gasteiger partial charge in [-0.3, -0.25) is 33.6 Å². The molecular weight excluding hydrogens is 1580 g/mol. The number of H-pyrrole nitrogens is 1. The monoisotopic (exact) mass is 1640 g/mol. The number of nitrogens with one attached hydrogen (secondary N) is 6. The van der Waals surface area contributed by atoms with Crippen molar-refractivity contribution in [2.45, 2.75) is 85.7 Å². The van der Waals surface area contributed by atoms with Gasteiger partial charge in [0.25, 0.3) is 17.7 Å². The number of hydrogen-bond acceptors (Lipinski definition) is 20. The second-order valence-electron chi connectivity index (χ2n) is 24.1. The Bertz CT molecular complexity index is 5220. The van der Waals surface area contributed by atoms with Crippen molar-refractivity contribution in [3.8, 4) is 51.0 Å². The first-order chi connectivity index (χ1) is 51.8. The molecule has 42 heteroatoms. The van der Waals surface area contributed by atoms with Gasteiger partial charge in [-0.25, -0.2) is 38.1 Å². The first-order valence-corrected chi connectivity index (χ1v) is 34.1. The zero-order chi connectivity index (χ0) is 78.9. The van der Waals surface area contributed by atoms with Crippen LogP contribution in [0.2, 0.25) is 15.1 Å². The predicted molar refractivity (Wildman–Crippen MR) is 389 cm³/mol. The van der Waals surface area contributed by atoms with Crippen molar-refractivity contribution in [2.24, 2.45) is 5.73 Å². The van der Waals surface area contributed by atoms with E-state index in [1.54, 1.807) is 57.2 Å². The Labute approximate surface area is 636 Å². The van der Waals surface area contributed by atoms with Crippen molar-refractivity contribution in [1.29, 1.82) is 0 Å². The fourth-order valence-corrected chi connectivity index (χ4v) is 10.3. The summed E-state index contributed by atoms with van der Waals surface area (Å²) in [5.74, 6) is -2.90. The molecule has 9 aromatic heterocycles. The van der Waals surface area contributed by atoms with E-state index in [1.165, 1.54) is 129 Å². The Kier molecular flexibility index (Phi) is 27.1. The van der Waals surface area contributed by atoms with Crippen LogP contribution in [0.3, 0.4) is 0 Å². The smallest absolute Gasteiger partial charge is 0.407 e. The zero-order valence-corrected chi connectivity index (χ0v) is 61.6. The van der Waals surface area contributed by atoms with Crippen molar-refractivity contribution >= 4 is 121 Å². The Morgan fingerprint density at radius 3 is 1.29 bits per heavy atom. The average Bonchev–Trinajstić information content (AvgIpc) is 1.70. The van der Waals surface area contributed by atoms with E-state index in [-0.39, 0.29) is 121 Å². The summed E-state index contributed by atoms with van der Waals surface area (Å²) in [6, 6.07) is 22.3. The molecule has 0 aliphatic rings. The Morgan fingerprint density at radius 2 is 0.899 bits per heavy atom. The molecule has 6 amide bonds. The van der Waals surface area contributed by atoms with Gasteiger partial charge in [-0.1, -0.05) is 50.7 Å². The number of alkyl halides is 7. The van der Waals surface area contributed by atoms with Crippen LogP contribution in [0.4, 0.5) is 53.0 Å². The number of primary amides is 1. The van der Waals surface area contributed by atoms with Gasteiger partial charge in [0, 0.05) is 81.2 Å². The molecule has 0 saturated heterocycles. The van der Waals surface area contributed by atoms with Crippen molar-refractivity contribution in [2.75, 3.05) is 34.4 Å². The molecule has 0 fully saturated rings. The van der Waals surface area contributed by atoms with Gasteiger partial charge < -0.3 is 56.0 Å². The fourth-order valence-electron chi connectivity index (χ4n) is 9.59. The van der Waals surface area contributed by atoms with Crippen LogP contribution in [0.15, 0.2) is 147 Å². The number of carbonyl (C=O) groups excluding carboxylic acids is 6. The molecular formula is C67H63BrCl3F6N21O11. The molecule has 8 N–H and O–H groups in total. The third kappa shape index (κ3) is 22.7. The fraction of sp³-hybridized carbons (Fsp3) is 0.239. The number of hydrogen-bond donors (Lipinski definition) is 7. The molecule has 12 aromatic rings. The van der Waals surface area contributed by atoms with Crippen molar-refractivity contribution < 1.29 is 78.8 Å². The van der Waals surface area contributed by atoms with Crippen LogP contribution >= 0.6 is 50.7 Å². The van der Waals surface area contributed by atoms with E-state index in [0.29, 0.717) is 28.5 Å². The number of nitrogens with two attached hydrogens (primary N) is 1. The Balaban J connectivity index is 0.000000177. The number of fused-ring (bicyclic) bond motifs is 3. The van der Waals surface area contributed by atoms with E-state index < -0.39 is 60.8 Å². The summed E-state index contributed by atoms with van der Waals surface area (Å²) >= 11 is 21.4. The minimum atomic E-state index is -3.11. The van der Waals surface area contributed by atoms with Crippen molar-refractivity contribution in [1.82, 2.24) is 84.2 Å². The number of aromatic nitrogens is 15. The Hall–Kier alpha value is -12.1. The number of nitrogens with zero attached hydrogens (tertiary/aromatic N) is 14. The Morgan fingerprint density at radius 1 is 0.523 bits per heavy atom. The van der Waals surface area contributed by atoms with Crippen LogP contribution in [-0.2, 0) is 27.4 Å². The lowest BCUT2D eigenvalue weighted by molar-refractivity contribution is -0.118. The largest absolute Gasteiger partial charge is 0.444 e. The highest BCUT2D eigenvalue weighted by Gasteiger charge is 2.27. The summed E-state index contributed by atoms with van der Waals surface area (Å²) in [6.07, 6.45) is 11.8. The van der Waals surface area contributed by atoms with E-state index >= 15 is 0 Å². The van der Waals surface area contributed by atoms with Crippen LogP contribution in [0, 0.1) is 0 Å². The molecule has 3 aromatic carbocycles. The first-order valence-electron chi connectivity index (χ1n) is 31.8. The molecule has 0 unspecified atom stereocenters. The number of alkyl carbamates (subject to hydrolysis) is 2. The van der Waals surface area contributed by atoms with E-state index in [0.717, 1.165) is 10.0 Å². The highest BCUT2D eigenvalue weighted by atomic mass is 79.9. The van der Waals surface area contributed by atoms with E-state index in [1.807, 2.05) is 20.8 Å². The first kappa shape index (κ1) is 81.0. The lowest BCUT2D eigenvalue weighted by atomic mass is 10.1. The second-order valence-corrected chi connectivity index (χ2v) is 26.2. The SMILES string of the molecule is CC(C)(C)OC(=O)NCCBr.CC(C)(C)OC(=O)NCCn1cc(NC(=O)c2cnc3cccnn23)c(-c2cc(Cl)ccc2OC(F)F)n1.NC(=O)Cn1cc(NC(=O)c2cnc3cccnn23)c(-c2cc(Cl)ccc2OC(F)F)n1.O=C(Nc1cn[nH]c1-c1cc(Cl)ccc1OC(F)F)c1cnc2cccnn12. The summed E-state index contributed by atoms with van der Waals surface area (Å²) in [5.41, 5.74) is 7.39. The van der Waals surface area contributed by atoms with Crippen LogP contribution < -0.4 is 46.5 Å². The highest BCUT2D eigenvalue weighted by Crippen LogP contribution is 2.40. The van der Waals surface area contributed by atoms with Crippen LogP contribution in [0.5, 0.6) is 17.2 Å². The topological polar surface area (TPSA) is 390 Å². The van der Waals surface area contributed by atoms with E-state index in [9.17, 15) is 55.1 Å². The summed E-state index contributed by atoms with van der Waals surface area (Å²) in [4.78, 5) is 85.3. The van der Waals surface area contributed by atoms with Gasteiger partial charge in [-0.2, -0.15) is 56.9 Å². The molecule has 9 heterocycles. The number of rotatable bonds is 22. The molecule has 0 radical (unpaired) electrons. The van der Waals surface area contributed by atoms with Gasteiger partial charge in [0.2, 0.25) is 5.91 Å². The van der Waals surface area contributed by atoms with Gasteiger partial charge in [-0.05, 0) is 133 Å². The summed E-state index contributed by atoms with van der Waals surface area (Å²) in [5, 5.41) is 42.2. The molecule has 12 rings (SSSR count). The number of halogens is 10. The quantitative estimate of drug-likeness (QED) is 0.0245. The highest BCUT2D eigenvalue weighted by molar-refractivity contribution is 9.09. The van der Waals surface area contributed by atoms with Gasteiger partial charge in [0.1, 0.15) is 46.4 Å². The number of ether oxygens (including phenoxy) is 5. The number of imidazole rings is 3. The summed E-state index contributed by atoms with van der Waals surface area (Å²) in [6.45, 7) is 2.08. The van der Waals surface area contributed by atoms with Gasteiger partial charge >= 0.3 is 32.0 Å². The summed E-state index contributed by atoms with van der Waals surface area (Å²) in [7, 11) is 0. The zero-order valence-electron chi connectivity index (χ0n) is 57.7. The van der Waals surface area contributed by atoms with E-state index in [2.05, 4.69) is 107 Å². The number of aromatic amines is 1. The lowest BCUT2D eigenvalue weighted by Crippen LogP contribution is -2.34. The third-order valence-corrected chi connectivity index (χ3v) is 14.9. The predicted octanol–water partition coefficient (Wildman–Crippen LogP) is 12.7. The van der Waals surface area contributed by atoms with E-state index in [4.69, 9.17) is 50.0 Å². The van der Waals surface area contributed by atoms with Gasteiger partial charge in [-0.15, -0.1) is 0 Å². The lowest BCUT2D eigenvalue weighted by Gasteiger charge is -2.19. The second kappa shape index (κ2) is 36.5. The number of carbonyl (C=O) groups is 6. The standard InChI is InChI=1S/C24H24ClF2N7O4.C19H14ClF2N7O3.C17H11ClF2N6O2.C7H14BrNO2/c1-24(2,3)38-23(36)28-9-10-33-13-16(31-21(35)17-12-29-19-5-4-8-30-34(17)19)20(32-33)15-11-14(25)6-7-18(15)37-22(26)27;20-10-3-4-14(32-19(21)22)11(6-10)17-12(8-28(27-17)9-15(23)30)26-18(31)13-7-24-16-2-1-5-25-29(13)16;18-9-3-4-13(28-17(19)20)10(6-9)15-11(7-22-25-15)24-16(27)12-8-21-14-2-1-5-23-26(12)14;1-7(2,3)11-6(10)9-5-4-8/h4-8,11-13,22H,9-10H2,1-3H3,(H,28,36)(H,31,35);1-8,19H,9H2,(H2,23,30)(H,26,31);1-8,17H,(H,22,25)(H,24,27);4-5H2,1-3H3,(H,9,10). The maximum Gasteiger partial charge on any atom is 0.407 e. The number of anilines is 3. The normalized spacial score (nSPS) is 11.3. The molecule has 0 aliphatic heterocycles. The molecule has 109 heavy (non-hydrogen) atoms.